The Morgan fingerprint density at radius 1 is 1.03 bits per heavy atom. The van der Waals surface area contributed by atoms with Crippen LogP contribution < -0.4 is 0 Å². The fraction of sp³-hybridized carbons (Fsp3) is 0.348. The van der Waals surface area contributed by atoms with Gasteiger partial charge in [0.1, 0.15) is 0 Å². The highest BCUT2D eigenvalue weighted by Crippen LogP contribution is 2.26. The van der Waals surface area contributed by atoms with E-state index in [1.54, 1.807) is 24.3 Å². The van der Waals surface area contributed by atoms with E-state index in [2.05, 4.69) is 15.0 Å². The first-order chi connectivity index (χ1) is 15.3. The van der Waals surface area contributed by atoms with Crippen LogP contribution in [0.25, 0.3) is 22.8 Å². The number of halogens is 3. The van der Waals surface area contributed by atoms with Gasteiger partial charge in [-0.15, -0.1) is 0 Å². The summed E-state index contributed by atoms with van der Waals surface area (Å²) in [5, 5.41) is 13.0. The van der Waals surface area contributed by atoms with Gasteiger partial charge in [0.25, 0.3) is 5.89 Å². The third-order valence-electron chi connectivity index (χ3n) is 5.48. The molecule has 0 amide bonds. The lowest BCUT2D eigenvalue weighted by Gasteiger charge is -2.36. The Labute approximate surface area is 182 Å². The smallest absolute Gasteiger partial charge is 0.389 e. The quantitative estimate of drug-likeness (QED) is 0.536. The number of benzene rings is 2. The summed E-state index contributed by atoms with van der Waals surface area (Å²) >= 11 is 0. The van der Waals surface area contributed by atoms with Gasteiger partial charge in [0.05, 0.1) is 5.92 Å². The number of likely N-dealkylation sites (tertiary alicyclic amines) is 1. The van der Waals surface area contributed by atoms with E-state index < -0.39 is 18.6 Å². The zero-order valence-corrected chi connectivity index (χ0v) is 17.2. The summed E-state index contributed by atoms with van der Waals surface area (Å²) in [6.45, 7) is 1.82. The molecule has 4 rings (SSSR count). The van der Waals surface area contributed by atoms with Gasteiger partial charge in [0.2, 0.25) is 5.82 Å². The molecule has 0 spiro atoms. The van der Waals surface area contributed by atoms with Crippen molar-refractivity contribution in [3.05, 3.63) is 59.7 Å². The monoisotopic (exact) mass is 445 g/mol. The number of alkyl halides is 3. The molecule has 0 bridgehead atoms. The van der Waals surface area contributed by atoms with Gasteiger partial charge in [0, 0.05) is 37.2 Å². The molecule has 2 heterocycles. The average Bonchev–Trinajstić information content (AvgIpc) is 3.20. The van der Waals surface area contributed by atoms with E-state index in [0.717, 1.165) is 16.7 Å². The van der Waals surface area contributed by atoms with Crippen LogP contribution in [-0.4, -0.2) is 45.4 Å². The second-order valence-corrected chi connectivity index (χ2v) is 8.01. The Kier molecular flexibility index (Phi) is 6.27. The molecule has 0 aliphatic carbocycles. The maximum Gasteiger partial charge on any atom is 0.389 e. The van der Waals surface area contributed by atoms with Crippen LogP contribution in [0.15, 0.2) is 53.1 Å². The van der Waals surface area contributed by atoms with Gasteiger partial charge >= 0.3 is 12.1 Å². The molecule has 0 unspecified atom stereocenters. The van der Waals surface area contributed by atoms with Gasteiger partial charge in [-0.05, 0) is 36.1 Å². The average molecular weight is 445 g/mol. The Hall–Kier alpha value is -3.20. The largest absolute Gasteiger partial charge is 0.481 e. The number of nitrogens with zero attached hydrogens (tertiary/aromatic N) is 3. The third-order valence-corrected chi connectivity index (χ3v) is 5.48. The van der Waals surface area contributed by atoms with Crippen molar-refractivity contribution in [2.45, 2.75) is 32.0 Å². The first kappa shape index (κ1) is 22.0. The number of rotatable bonds is 8. The second kappa shape index (κ2) is 9.12. The molecule has 32 heavy (non-hydrogen) atoms. The zero-order chi connectivity index (χ0) is 22.7. The third kappa shape index (κ3) is 5.53. The van der Waals surface area contributed by atoms with Crippen LogP contribution in [0.4, 0.5) is 13.2 Å². The van der Waals surface area contributed by atoms with Gasteiger partial charge in [-0.2, -0.15) is 18.2 Å². The number of hydrogen-bond acceptors (Lipinski definition) is 5. The predicted octanol–water partition coefficient (Wildman–Crippen LogP) is 4.81. The first-order valence-electron chi connectivity index (χ1n) is 10.3. The molecule has 168 valence electrons. The zero-order valence-electron chi connectivity index (χ0n) is 17.2. The van der Waals surface area contributed by atoms with Crippen LogP contribution in [0.2, 0.25) is 0 Å². The molecule has 1 saturated heterocycles. The summed E-state index contributed by atoms with van der Waals surface area (Å²) in [6, 6.07) is 14.8. The minimum Gasteiger partial charge on any atom is -0.481 e. The maximum atomic E-state index is 12.3. The predicted molar refractivity (Wildman–Crippen MR) is 111 cm³/mol. The maximum absolute atomic E-state index is 12.3. The van der Waals surface area contributed by atoms with Crippen LogP contribution in [0.1, 0.15) is 24.0 Å². The normalized spacial score (nSPS) is 15.0. The van der Waals surface area contributed by atoms with Gasteiger partial charge in [-0.1, -0.05) is 41.6 Å². The molecular formula is C23H22F3N3O3. The molecule has 1 fully saturated rings. The lowest BCUT2D eigenvalue weighted by Crippen LogP contribution is -2.49. The van der Waals surface area contributed by atoms with Crippen molar-refractivity contribution in [1.29, 1.82) is 0 Å². The number of aliphatic carboxylic acids is 1. The lowest BCUT2D eigenvalue weighted by atomic mass is 9.99. The van der Waals surface area contributed by atoms with E-state index >= 15 is 0 Å². The molecule has 1 N–H and O–H groups in total. The van der Waals surface area contributed by atoms with Gasteiger partial charge < -0.3 is 9.63 Å². The van der Waals surface area contributed by atoms with Crippen molar-refractivity contribution >= 4 is 5.97 Å². The summed E-state index contributed by atoms with van der Waals surface area (Å²) in [4.78, 5) is 17.4. The standard InChI is InChI=1S/C23H22F3N3O3/c24-23(25,26)11-1-2-15-3-9-18(10-4-15)21-27-20(28-32-21)17-7-5-16(6-8-17)12-29-13-19(14-29)22(30)31/h3-10,19H,1-2,11-14H2,(H,30,31). The van der Waals surface area contributed by atoms with E-state index in [-0.39, 0.29) is 12.3 Å². The van der Waals surface area contributed by atoms with Crippen LogP contribution >= 0.6 is 0 Å². The highest BCUT2D eigenvalue weighted by atomic mass is 19.4. The summed E-state index contributed by atoms with van der Waals surface area (Å²) in [5.74, 6) is -0.247. The molecule has 1 aromatic heterocycles. The number of aromatic nitrogens is 2. The number of hydrogen-bond donors (Lipinski definition) is 1. The highest BCUT2D eigenvalue weighted by molar-refractivity contribution is 5.71. The molecule has 0 radical (unpaired) electrons. The van der Waals surface area contributed by atoms with Gasteiger partial charge in [-0.3, -0.25) is 9.69 Å². The van der Waals surface area contributed by atoms with Crippen LogP contribution in [0.3, 0.4) is 0 Å². The molecule has 6 nitrogen and oxygen atoms in total. The molecule has 1 aliphatic rings. The highest BCUT2D eigenvalue weighted by Gasteiger charge is 2.32. The summed E-state index contributed by atoms with van der Waals surface area (Å²) in [6.07, 6.45) is -4.50. The van der Waals surface area contributed by atoms with E-state index in [9.17, 15) is 18.0 Å². The number of aryl methyl sites for hydroxylation is 1. The molecule has 3 aromatic rings. The summed E-state index contributed by atoms with van der Waals surface area (Å²) < 4.78 is 42.2. The van der Waals surface area contributed by atoms with Crippen molar-refractivity contribution in [3.63, 3.8) is 0 Å². The van der Waals surface area contributed by atoms with Crippen molar-refractivity contribution in [2.24, 2.45) is 5.92 Å². The van der Waals surface area contributed by atoms with E-state index in [4.69, 9.17) is 9.63 Å². The Morgan fingerprint density at radius 2 is 1.66 bits per heavy atom. The first-order valence-corrected chi connectivity index (χ1v) is 10.3. The van der Waals surface area contributed by atoms with Crippen molar-refractivity contribution in [3.8, 4) is 22.8 Å². The fourth-order valence-corrected chi connectivity index (χ4v) is 3.64. The minimum absolute atomic E-state index is 0.0570. The summed E-state index contributed by atoms with van der Waals surface area (Å²) in [5.41, 5.74) is 3.39. The second-order valence-electron chi connectivity index (χ2n) is 8.01. The van der Waals surface area contributed by atoms with Gasteiger partial charge in [0.15, 0.2) is 0 Å². The minimum atomic E-state index is -4.13. The van der Waals surface area contributed by atoms with E-state index in [1.165, 1.54) is 0 Å². The fourth-order valence-electron chi connectivity index (χ4n) is 3.64. The Bertz CT molecular complexity index is 1060. The Balaban J connectivity index is 1.34. The van der Waals surface area contributed by atoms with E-state index in [1.807, 2.05) is 24.3 Å². The summed E-state index contributed by atoms with van der Waals surface area (Å²) in [7, 11) is 0. The number of carboxylic acids is 1. The van der Waals surface area contributed by atoms with E-state index in [0.29, 0.717) is 43.3 Å². The SMILES string of the molecule is O=C(O)C1CN(Cc2ccc(-c3noc(-c4ccc(CCCC(F)(F)F)cc4)n3)cc2)C1. The van der Waals surface area contributed by atoms with Crippen LogP contribution in [0, 0.1) is 5.92 Å². The number of carboxylic acid groups (broad SMARTS) is 1. The molecule has 0 saturated carbocycles. The lowest BCUT2D eigenvalue weighted by molar-refractivity contribution is -0.147. The van der Waals surface area contributed by atoms with Crippen molar-refractivity contribution < 1.29 is 27.6 Å². The molecular weight excluding hydrogens is 423 g/mol. The van der Waals surface area contributed by atoms with Crippen molar-refractivity contribution in [1.82, 2.24) is 15.0 Å². The van der Waals surface area contributed by atoms with Crippen molar-refractivity contribution in [2.75, 3.05) is 13.1 Å². The Morgan fingerprint density at radius 3 is 2.28 bits per heavy atom. The topological polar surface area (TPSA) is 79.5 Å². The number of carbonyl (C=O) groups is 1. The molecule has 0 atom stereocenters. The van der Waals surface area contributed by atoms with Crippen LogP contribution in [0.5, 0.6) is 0 Å². The molecule has 2 aromatic carbocycles. The molecule has 1 aliphatic heterocycles. The molecule has 9 heteroatoms. The van der Waals surface area contributed by atoms with Crippen LogP contribution in [-0.2, 0) is 17.8 Å². The van der Waals surface area contributed by atoms with Gasteiger partial charge in [-0.25, -0.2) is 0 Å².